The van der Waals surface area contributed by atoms with Gasteiger partial charge >= 0.3 is 0 Å². The van der Waals surface area contributed by atoms with Crippen LogP contribution in [0.5, 0.6) is 23.0 Å². The molecule has 2 aliphatic rings. The number of halogens is 4. The van der Waals surface area contributed by atoms with Gasteiger partial charge < -0.3 is 9.47 Å². The van der Waals surface area contributed by atoms with Gasteiger partial charge in [-0.05, 0) is 145 Å². The van der Waals surface area contributed by atoms with Crippen molar-refractivity contribution >= 4 is 35.0 Å². The fraction of sp³-hybridized carbons (Fsp3) is 0.250. The Kier molecular flexibility index (Phi) is 11.2. The van der Waals surface area contributed by atoms with Gasteiger partial charge in [-0.3, -0.25) is 0 Å². The molecule has 0 N–H and O–H groups in total. The molecule has 0 bridgehead atoms. The summed E-state index contributed by atoms with van der Waals surface area (Å²) in [5.41, 5.74) is 4.09. The van der Waals surface area contributed by atoms with Gasteiger partial charge in [-0.1, -0.05) is 96.0 Å². The molecule has 0 amide bonds. The second kappa shape index (κ2) is 16.4. The van der Waals surface area contributed by atoms with E-state index in [2.05, 4.69) is 24.3 Å². The fourth-order valence-corrected chi connectivity index (χ4v) is 10.2. The molecular weight excluding hydrogens is 749 g/mol. The van der Waals surface area contributed by atoms with Gasteiger partial charge in [-0.25, -0.2) is 8.78 Å². The third-order valence-electron chi connectivity index (χ3n) is 11.2. The number of hydrogen-bond donors (Lipinski definition) is 0. The largest absolute Gasteiger partial charge is 0.454 e. The molecule has 280 valence electrons. The molecule has 2 fully saturated rings. The van der Waals surface area contributed by atoms with Gasteiger partial charge in [0.1, 0.15) is 11.5 Å². The Labute approximate surface area is 336 Å². The first-order valence-electron chi connectivity index (χ1n) is 18.9. The highest BCUT2D eigenvalue weighted by Crippen LogP contribution is 2.55. The number of ether oxygens (including phenoxy) is 2. The van der Waals surface area contributed by atoms with Gasteiger partial charge in [0.05, 0.1) is 0 Å². The van der Waals surface area contributed by atoms with E-state index < -0.39 is 0 Å². The van der Waals surface area contributed by atoms with E-state index in [9.17, 15) is 0 Å². The lowest BCUT2D eigenvalue weighted by Gasteiger charge is -2.39. The lowest BCUT2D eigenvalue weighted by molar-refractivity contribution is 0.400. The van der Waals surface area contributed by atoms with E-state index in [1.54, 1.807) is 0 Å². The van der Waals surface area contributed by atoms with E-state index >= 15 is 8.78 Å². The molecule has 8 rings (SSSR count). The summed E-state index contributed by atoms with van der Waals surface area (Å²) in [7, 11) is 0. The minimum absolute atomic E-state index is 0.223. The number of benzene rings is 6. The van der Waals surface area contributed by atoms with Gasteiger partial charge in [-0.15, -0.1) is 0 Å². The van der Waals surface area contributed by atoms with E-state index in [1.165, 1.54) is 23.3 Å². The minimum Gasteiger partial charge on any atom is -0.454 e. The summed E-state index contributed by atoms with van der Waals surface area (Å²) in [5, 5.41) is 1.40. The van der Waals surface area contributed by atoms with Crippen molar-refractivity contribution in [2.45, 2.75) is 49.4 Å². The van der Waals surface area contributed by atoms with Gasteiger partial charge in [0.15, 0.2) is 23.1 Å². The predicted molar refractivity (Wildman–Crippen MR) is 222 cm³/mol. The predicted octanol–water partition coefficient (Wildman–Crippen LogP) is 14.1. The highest BCUT2D eigenvalue weighted by atomic mass is 35.5. The van der Waals surface area contributed by atoms with Crippen LogP contribution >= 0.6 is 35.0 Å². The summed E-state index contributed by atoms with van der Waals surface area (Å²) in [6.45, 7) is 0. The Hall–Kier alpha value is -4.29. The first kappa shape index (κ1) is 37.6. The van der Waals surface area contributed by atoms with E-state index in [-0.39, 0.29) is 34.0 Å². The molecule has 0 aliphatic heterocycles. The average molecular weight is 792 g/mol. The third kappa shape index (κ3) is 8.75. The summed E-state index contributed by atoms with van der Waals surface area (Å²) >= 11 is 14.9. The fourth-order valence-electron chi connectivity index (χ4n) is 8.15. The molecule has 7 heteroatoms. The zero-order chi connectivity index (χ0) is 37.8. The Morgan fingerprint density at radius 1 is 0.509 bits per heavy atom. The van der Waals surface area contributed by atoms with Crippen molar-refractivity contribution in [1.29, 1.82) is 0 Å². The second-order valence-electron chi connectivity index (χ2n) is 15.1. The Morgan fingerprint density at radius 2 is 0.891 bits per heavy atom. The Balaban J connectivity index is 1.12. The molecule has 2 atom stereocenters. The van der Waals surface area contributed by atoms with Crippen LogP contribution < -0.4 is 9.47 Å². The van der Waals surface area contributed by atoms with Crippen LogP contribution in [-0.4, -0.2) is 11.5 Å². The molecule has 6 aromatic carbocycles. The Bertz CT molecular complexity index is 2050. The lowest BCUT2D eigenvalue weighted by atomic mass is 9.73. The topological polar surface area (TPSA) is 18.5 Å². The summed E-state index contributed by atoms with van der Waals surface area (Å²) in [6.07, 6.45) is 5.97. The van der Waals surface area contributed by atoms with E-state index in [0.717, 1.165) is 61.2 Å². The Morgan fingerprint density at radius 3 is 1.25 bits per heavy atom. The summed E-state index contributed by atoms with van der Waals surface area (Å²) < 4.78 is 42.5. The monoisotopic (exact) mass is 790 g/mol. The highest BCUT2D eigenvalue weighted by Gasteiger charge is 2.49. The molecule has 6 aromatic rings. The van der Waals surface area contributed by atoms with Crippen molar-refractivity contribution in [2.24, 2.45) is 11.8 Å². The standard InChI is InChI=1S/C48H42Cl2F2O2S/c49-39-21-17-37(18-22-39)47(35-13-14-35,29-33-11-25-43(51)45(27-33)53-41-7-3-1-4-8-41)31-55-32-48(36-15-16-36,38-19-23-40(50)24-20-38)30-34-12-26-44(52)46(28-34)54-42-9-5-2-6-10-42/h1-12,17-28,35-36H,13-16,29-32H2. The van der Waals surface area contributed by atoms with Crippen LogP contribution in [0.3, 0.4) is 0 Å². The zero-order valence-electron chi connectivity index (χ0n) is 30.4. The quantitative estimate of drug-likeness (QED) is 0.0973. The maximum atomic E-state index is 15.2. The van der Waals surface area contributed by atoms with Gasteiger partial charge in [0.25, 0.3) is 0 Å². The van der Waals surface area contributed by atoms with Crippen LogP contribution in [0, 0.1) is 23.5 Å². The molecule has 0 spiro atoms. The van der Waals surface area contributed by atoms with E-state index in [0.29, 0.717) is 33.4 Å². The molecule has 2 aliphatic carbocycles. The summed E-state index contributed by atoms with van der Waals surface area (Å²) in [5.74, 6) is 3.51. The first-order valence-corrected chi connectivity index (χ1v) is 20.8. The molecule has 0 radical (unpaired) electrons. The molecule has 2 unspecified atom stereocenters. The molecule has 2 nitrogen and oxygen atoms in total. The smallest absolute Gasteiger partial charge is 0.165 e. The molecule has 0 heterocycles. The third-order valence-corrected chi connectivity index (χ3v) is 13.2. The van der Waals surface area contributed by atoms with Gasteiger partial charge in [0, 0.05) is 32.4 Å². The van der Waals surface area contributed by atoms with Crippen LogP contribution in [0.2, 0.25) is 10.0 Å². The molecular formula is C48H42Cl2F2O2S. The highest BCUT2D eigenvalue weighted by molar-refractivity contribution is 7.99. The maximum absolute atomic E-state index is 15.2. The molecule has 55 heavy (non-hydrogen) atoms. The second-order valence-corrected chi connectivity index (χ2v) is 16.9. The zero-order valence-corrected chi connectivity index (χ0v) is 32.7. The normalized spacial score (nSPS) is 16.2. The van der Waals surface area contributed by atoms with Crippen molar-refractivity contribution < 1.29 is 18.3 Å². The number of thioether (sulfide) groups is 1. The number of hydrogen-bond acceptors (Lipinski definition) is 3. The number of para-hydroxylation sites is 2. The van der Waals surface area contributed by atoms with Crippen LogP contribution in [0.1, 0.15) is 47.9 Å². The average Bonchev–Trinajstić information content (AvgIpc) is 4.13. The molecule has 0 saturated heterocycles. The first-order chi connectivity index (χ1) is 26.8. The maximum Gasteiger partial charge on any atom is 0.165 e. The van der Waals surface area contributed by atoms with Crippen molar-refractivity contribution in [3.8, 4) is 23.0 Å². The van der Waals surface area contributed by atoms with Gasteiger partial charge in [0.2, 0.25) is 0 Å². The van der Waals surface area contributed by atoms with Crippen LogP contribution in [-0.2, 0) is 23.7 Å². The summed E-state index contributed by atoms with van der Waals surface area (Å²) in [6, 6.07) is 45.9. The summed E-state index contributed by atoms with van der Waals surface area (Å²) in [4.78, 5) is 0. The van der Waals surface area contributed by atoms with Gasteiger partial charge in [-0.2, -0.15) is 11.8 Å². The molecule has 2 saturated carbocycles. The van der Waals surface area contributed by atoms with Crippen molar-refractivity contribution in [3.05, 3.63) is 190 Å². The van der Waals surface area contributed by atoms with Crippen LogP contribution in [0.25, 0.3) is 0 Å². The minimum atomic E-state index is -0.388. The lowest BCUT2D eigenvalue weighted by Crippen LogP contribution is -2.38. The van der Waals surface area contributed by atoms with E-state index in [4.69, 9.17) is 32.7 Å². The van der Waals surface area contributed by atoms with Crippen molar-refractivity contribution in [2.75, 3.05) is 11.5 Å². The van der Waals surface area contributed by atoms with E-state index in [1.807, 2.05) is 121 Å². The van der Waals surface area contributed by atoms with Crippen LogP contribution in [0.15, 0.2) is 146 Å². The van der Waals surface area contributed by atoms with Crippen molar-refractivity contribution in [3.63, 3.8) is 0 Å². The number of rotatable bonds is 16. The molecule has 0 aromatic heterocycles. The van der Waals surface area contributed by atoms with Crippen LogP contribution in [0.4, 0.5) is 8.78 Å². The SMILES string of the molecule is Fc1ccc(CC(CSCC(Cc2ccc(F)c(Oc3ccccc3)c2)(c2ccc(Cl)cc2)C2CC2)(c2ccc(Cl)cc2)C2CC2)cc1Oc1ccccc1. The van der Waals surface area contributed by atoms with Crippen molar-refractivity contribution in [1.82, 2.24) is 0 Å².